The Morgan fingerprint density at radius 2 is 1.95 bits per heavy atom. The molecule has 0 spiro atoms. The Labute approximate surface area is 220 Å². The number of piperazine rings is 1. The summed E-state index contributed by atoms with van der Waals surface area (Å²) in [5, 5.41) is 9.72. The highest BCUT2D eigenvalue weighted by atomic mass is 32.1. The van der Waals surface area contributed by atoms with Crippen LogP contribution in [0.4, 0.5) is 17.3 Å². The van der Waals surface area contributed by atoms with Crippen LogP contribution in [-0.2, 0) is 17.8 Å². The first-order valence-corrected chi connectivity index (χ1v) is 13.2. The van der Waals surface area contributed by atoms with Crippen molar-refractivity contribution >= 4 is 34.6 Å². The number of carbonyl (C=O) groups is 1. The Kier molecular flexibility index (Phi) is 7.67. The van der Waals surface area contributed by atoms with Gasteiger partial charge >= 0.3 is 0 Å². The summed E-state index contributed by atoms with van der Waals surface area (Å²) < 4.78 is 0. The standard InChI is InChI=1S/C27H30N8OS/c1-19-5-6-21(14-24(19)33-27-29-9-7-23(32-27)20-4-3-8-28-16-20)30-17-25-31-22(18-37-25)15-26(36)35-12-10-34(2)11-13-35/h3-9,14,16,18,30H,10-13,15,17H2,1-2H3,(H,29,32,33). The third-order valence-corrected chi connectivity index (χ3v) is 7.23. The number of likely N-dealkylation sites (N-methyl/N-ethyl adjacent to an activating group) is 1. The van der Waals surface area contributed by atoms with E-state index in [9.17, 15) is 4.79 Å². The molecule has 1 amide bonds. The molecule has 4 aromatic rings. The highest BCUT2D eigenvalue weighted by molar-refractivity contribution is 7.09. The Morgan fingerprint density at radius 1 is 1.08 bits per heavy atom. The van der Waals surface area contributed by atoms with Crippen LogP contribution in [0, 0.1) is 6.92 Å². The maximum absolute atomic E-state index is 12.6. The molecular formula is C27H30N8OS. The van der Waals surface area contributed by atoms with Gasteiger partial charge in [-0.1, -0.05) is 6.07 Å². The maximum atomic E-state index is 12.6. The van der Waals surface area contributed by atoms with Crippen molar-refractivity contribution in [2.45, 2.75) is 19.9 Å². The van der Waals surface area contributed by atoms with Crippen molar-refractivity contribution in [3.63, 3.8) is 0 Å². The van der Waals surface area contributed by atoms with Gasteiger partial charge in [-0.3, -0.25) is 9.78 Å². The molecule has 2 N–H and O–H groups in total. The summed E-state index contributed by atoms with van der Waals surface area (Å²) >= 11 is 1.57. The Balaban J connectivity index is 1.19. The molecule has 1 aliphatic heterocycles. The number of benzene rings is 1. The number of rotatable bonds is 8. The molecule has 10 heteroatoms. The van der Waals surface area contributed by atoms with Crippen molar-refractivity contribution in [3.8, 4) is 11.3 Å². The van der Waals surface area contributed by atoms with Gasteiger partial charge in [-0.2, -0.15) is 0 Å². The van der Waals surface area contributed by atoms with Crippen LogP contribution in [0.5, 0.6) is 0 Å². The minimum absolute atomic E-state index is 0.155. The fourth-order valence-electron chi connectivity index (χ4n) is 4.09. The zero-order valence-electron chi connectivity index (χ0n) is 21.0. The fourth-order valence-corrected chi connectivity index (χ4v) is 4.83. The van der Waals surface area contributed by atoms with Crippen LogP contribution < -0.4 is 10.6 Å². The van der Waals surface area contributed by atoms with E-state index in [0.717, 1.165) is 65.1 Å². The number of pyridine rings is 1. The van der Waals surface area contributed by atoms with Crippen molar-refractivity contribution in [3.05, 3.63) is 76.6 Å². The molecule has 9 nitrogen and oxygen atoms in total. The van der Waals surface area contributed by atoms with E-state index in [1.54, 1.807) is 29.9 Å². The molecule has 1 aromatic carbocycles. The van der Waals surface area contributed by atoms with Gasteiger partial charge in [0.25, 0.3) is 0 Å². The second-order valence-electron chi connectivity index (χ2n) is 9.11. The number of aryl methyl sites for hydroxylation is 1. The smallest absolute Gasteiger partial charge is 0.228 e. The second-order valence-corrected chi connectivity index (χ2v) is 10.1. The second kappa shape index (κ2) is 11.4. The summed E-state index contributed by atoms with van der Waals surface area (Å²) in [6.45, 7) is 6.05. The largest absolute Gasteiger partial charge is 0.378 e. The topological polar surface area (TPSA) is 99.2 Å². The van der Waals surface area contributed by atoms with Crippen molar-refractivity contribution < 1.29 is 4.79 Å². The molecule has 0 unspecified atom stereocenters. The number of nitrogens with zero attached hydrogens (tertiary/aromatic N) is 6. The SMILES string of the molecule is Cc1ccc(NCc2nc(CC(=O)N3CCN(C)CC3)cs2)cc1Nc1nccc(-c2cccnc2)n1. The third kappa shape index (κ3) is 6.46. The van der Waals surface area contributed by atoms with Gasteiger partial charge in [0.05, 0.1) is 24.4 Å². The minimum Gasteiger partial charge on any atom is -0.378 e. The van der Waals surface area contributed by atoms with E-state index in [-0.39, 0.29) is 5.91 Å². The Bertz CT molecular complexity index is 1350. The molecule has 4 heterocycles. The minimum atomic E-state index is 0.155. The lowest BCUT2D eigenvalue weighted by Crippen LogP contribution is -2.47. The molecule has 1 fully saturated rings. The van der Waals surface area contributed by atoms with Crippen LogP contribution in [0.1, 0.15) is 16.3 Å². The van der Waals surface area contributed by atoms with Gasteiger partial charge in [0.15, 0.2) is 0 Å². The van der Waals surface area contributed by atoms with Crippen molar-refractivity contribution in [1.29, 1.82) is 0 Å². The highest BCUT2D eigenvalue weighted by Gasteiger charge is 2.20. The van der Waals surface area contributed by atoms with E-state index in [0.29, 0.717) is 18.9 Å². The van der Waals surface area contributed by atoms with Crippen LogP contribution in [0.3, 0.4) is 0 Å². The van der Waals surface area contributed by atoms with E-state index in [4.69, 9.17) is 0 Å². The average molecular weight is 515 g/mol. The Hall–Kier alpha value is -3.89. The van der Waals surface area contributed by atoms with Crippen LogP contribution >= 0.6 is 11.3 Å². The molecule has 190 valence electrons. The zero-order chi connectivity index (χ0) is 25.6. The van der Waals surface area contributed by atoms with Gasteiger partial charge in [0.1, 0.15) is 5.01 Å². The number of hydrogen-bond acceptors (Lipinski definition) is 9. The van der Waals surface area contributed by atoms with Crippen molar-refractivity contribution in [2.24, 2.45) is 0 Å². The first kappa shape index (κ1) is 24.8. The van der Waals surface area contributed by atoms with Crippen molar-refractivity contribution in [1.82, 2.24) is 29.7 Å². The first-order chi connectivity index (χ1) is 18.0. The highest BCUT2D eigenvalue weighted by Crippen LogP contribution is 2.25. The lowest BCUT2D eigenvalue weighted by Gasteiger charge is -2.32. The van der Waals surface area contributed by atoms with Crippen LogP contribution in [-0.4, -0.2) is 68.9 Å². The van der Waals surface area contributed by atoms with Crippen LogP contribution in [0.15, 0.2) is 60.4 Å². The van der Waals surface area contributed by atoms with Gasteiger partial charge in [0.2, 0.25) is 11.9 Å². The molecule has 0 saturated carbocycles. The molecular weight excluding hydrogens is 484 g/mol. The number of carbonyl (C=O) groups excluding carboxylic acids is 1. The summed E-state index contributed by atoms with van der Waals surface area (Å²) in [6.07, 6.45) is 5.63. The van der Waals surface area contributed by atoms with Gasteiger partial charge in [-0.15, -0.1) is 11.3 Å². The van der Waals surface area contributed by atoms with Crippen LogP contribution in [0.25, 0.3) is 11.3 Å². The summed E-state index contributed by atoms with van der Waals surface area (Å²) in [4.78, 5) is 34.7. The van der Waals surface area contributed by atoms with E-state index >= 15 is 0 Å². The Morgan fingerprint density at radius 3 is 2.76 bits per heavy atom. The summed E-state index contributed by atoms with van der Waals surface area (Å²) in [7, 11) is 2.09. The molecule has 0 radical (unpaired) electrons. The molecule has 1 saturated heterocycles. The summed E-state index contributed by atoms with van der Waals surface area (Å²) in [6, 6.07) is 11.9. The maximum Gasteiger partial charge on any atom is 0.228 e. The molecule has 0 bridgehead atoms. The molecule has 37 heavy (non-hydrogen) atoms. The van der Waals surface area contributed by atoms with Crippen molar-refractivity contribution in [2.75, 3.05) is 43.9 Å². The number of hydrogen-bond donors (Lipinski definition) is 2. The van der Waals surface area contributed by atoms with E-state index in [1.807, 2.05) is 47.5 Å². The molecule has 5 rings (SSSR count). The third-order valence-electron chi connectivity index (χ3n) is 6.33. The zero-order valence-corrected chi connectivity index (χ0v) is 21.8. The summed E-state index contributed by atoms with van der Waals surface area (Å²) in [5.41, 5.74) is 5.55. The van der Waals surface area contributed by atoms with E-state index in [2.05, 4.69) is 48.6 Å². The van der Waals surface area contributed by atoms with Gasteiger partial charge in [0, 0.05) is 67.1 Å². The fraction of sp³-hybridized carbons (Fsp3) is 0.296. The monoisotopic (exact) mass is 514 g/mol. The quantitative estimate of drug-likeness (QED) is 0.364. The van der Waals surface area contributed by atoms with Gasteiger partial charge in [-0.25, -0.2) is 15.0 Å². The predicted octanol–water partition coefficient (Wildman–Crippen LogP) is 3.98. The number of amides is 1. The predicted molar refractivity (Wildman–Crippen MR) is 147 cm³/mol. The molecule has 3 aromatic heterocycles. The van der Waals surface area contributed by atoms with E-state index < -0.39 is 0 Å². The number of thiazole rings is 1. The van der Waals surface area contributed by atoms with E-state index in [1.165, 1.54) is 0 Å². The normalized spacial score (nSPS) is 13.9. The summed E-state index contributed by atoms with van der Waals surface area (Å²) in [5.74, 6) is 0.679. The number of aromatic nitrogens is 4. The number of anilines is 3. The first-order valence-electron chi connectivity index (χ1n) is 12.3. The average Bonchev–Trinajstić information content (AvgIpc) is 3.37. The molecule has 1 aliphatic rings. The molecule has 0 atom stereocenters. The molecule has 0 aliphatic carbocycles. The lowest BCUT2D eigenvalue weighted by atomic mass is 10.2. The van der Waals surface area contributed by atoms with Gasteiger partial charge in [-0.05, 0) is 49.9 Å². The lowest BCUT2D eigenvalue weighted by molar-refractivity contribution is -0.132. The van der Waals surface area contributed by atoms with Crippen LogP contribution in [0.2, 0.25) is 0 Å². The number of nitrogens with one attached hydrogen (secondary N) is 2. The van der Waals surface area contributed by atoms with Gasteiger partial charge < -0.3 is 20.4 Å².